The highest BCUT2D eigenvalue weighted by Crippen LogP contribution is 2.07. The molecule has 0 spiro atoms. The number of carbonyl (C=O) groups excluding carboxylic acids is 1. The maximum absolute atomic E-state index is 11.4. The molecule has 0 heterocycles. The average Bonchev–Trinajstić information content (AvgIpc) is 2.19. The molecule has 0 fully saturated rings. The lowest BCUT2D eigenvalue weighted by molar-refractivity contribution is -0.154. The Hall–Kier alpha value is -0.610. The highest BCUT2D eigenvalue weighted by atomic mass is 16.6. The molecule has 0 atom stereocenters. The minimum Gasteiger partial charge on any atom is -0.460 e. The molecule has 0 saturated carbocycles. The molecule has 0 aliphatic carbocycles. The summed E-state index contributed by atoms with van der Waals surface area (Å²) in [6.07, 6.45) is 3.82. The van der Waals surface area contributed by atoms with Crippen molar-refractivity contribution in [1.82, 2.24) is 5.32 Å². The molecule has 0 saturated heterocycles. The zero-order chi connectivity index (χ0) is 13.1. The third kappa shape index (κ3) is 13.3. The van der Waals surface area contributed by atoms with Gasteiger partial charge in [-0.05, 0) is 46.6 Å². The summed E-state index contributed by atoms with van der Waals surface area (Å²) in [4.78, 5) is 11.4. The molecule has 0 aliphatic rings. The first-order valence-electron chi connectivity index (χ1n) is 6.37. The van der Waals surface area contributed by atoms with E-state index in [-0.39, 0.29) is 11.6 Å². The Bertz CT molecular complexity index is 199. The van der Waals surface area contributed by atoms with Crippen molar-refractivity contribution in [3.8, 4) is 0 Å². The van der Waals surface area contributed by atoms with Gasteiger partial charge in [-0.2, -0.15) is 0 Å². The second-order valence-electron chi connectivity index (χ2n) is 5.14. The van der Waals surface area contributed by atoms with E-state index in [0.717, 1.165) is 32.4 Å². The summed E-state index contributed by atoms with van der Waals surface area (Å²) < 4.78 is 10.2. The molecule has 0 aromatic rings. The van der Waals surface area contributed by atoms with Crippen LogP contribution in [-0.4, -0.2) is 38.4 Å². The van der Waals surface area contributed by atoms with Crippen molar-refractivity contribution >= 4 is 5.97 Å². The van der Waals surface area contributed by atoms with Crippen molar-refractivity contribution in [3.05, 3.63) is 0 Å². The second kappa shape index (κ2) is 9.42. The molecule has 1 N–H and O–H groups in total. The number of nitrogens with one attached hydrogen (secondary N) is 1. The van der Waals surface area contributed by atoms with Crippen LogP contribution in [-0.2, 0) is 14.3 Å². The normalized spacial score (nSPS) is 11.5. The molecule has 0 amide bonds. The number of carbonyl (C=O) groups is 1. The second-order valence-corrected chi connectivity index (χ2v) is 5.14. The first-order chi connectivity index (χ1) is 7.95. The highest BCUT2D eigenvalue weighted by Gasteiger charge is 2.15. The molecule has 0 bridgehead atoms. The van der Waals surface area contributed by atoms with Gasteiger partial charge in [0.05, 0.1) is 6.42 Å². The first-order valence-corrected chi connectivity index (χ1v) is 6.37. The van der Waals surface area contributed by atoms with E-state index in [9.17, 15) is 4.79 Å². The van der Waals surface area contributed by atoms with Crippen LogP contribution in [0.25, 0.3) is 0 Å². The van der Waals surface area contributed by atoms with Gasteiger partial charge in [0, 0.05) is 20.3 Å². The third-order valence-corrected chi connectivity index (χ3v) is 2.13. The summed E-state index contributed by atoms with van der Waals surface area (Å²) in [5.41, 5.74) is -0.378. The summed E-state index contributed by atoms with van der Waals surface area (Å²) in [5.74, 6) is -0.135. The smallest absolute Gasteiger partial charge is 0.307 e. The van der Waals surface area contributed by atoms with Crippen LogP contribution >= 0.6 is 0 Å². The summed E-state index contributed by atoms with van der Waals surface area (Å²) >= 11 is 0. The van der Waals surface area contributed by atoms with Crippen molar-refractivity contribution in [2.45, 2.75) is 52.1 Å². The number of hydrogen-bond donors (Lipinski definition) is 1. The molecule has 0 aliphatic heterocycles. The van der Waals surface area contributed by atoms with Crippen molar-refractivity contribution in [2.75, 3.05) is 26.8 Å². The minimum absolute atomic E-state index is 0.135. The number of esters is 1. The fourth-order valence-corrected chi connectivity index (χ4v) is 1.38. The number of ether oxygens (including phenoxy) is 2. The molecule has 4 nitrogen and oxygen atoms in total. The molecule has 17 heavy (non-hydrogen) atoms. The van der Waals surface area contributed by atoms with Crippen LogP contribution < -0.4 is 5.32 Å². The summed E-state index contributed by atoms with van der Waals surface area (Å²) in [6, 6.07) is 0. The zero-order valence-corrected chi connectivity index (χ0v) is 11.7. The van der Waals surface area contributed by atoms with Gasteiger partial charge >= 0.3 is 5.97 Å². The van der Waals surface area contributed by atoms with E-state index in [2.05, 4.69) is 5.32 Å². The minimum atomic E-state index is -0.378. The van der Waals surface area contributed by atoms with Gasteiger partial charge in [0.1, 0.15) is 5.60 Å². The largest absolute Gasteiger partial charge is 0.460 e. The van der Waals surface area contributed by atoms with Crippen LogP contribution in [0.3, 0.4) is 0 Å². The molecule has 0 aromatic carbocycles. The van der Waals surface area contributed by atoms with Crippen LogP contribution in [0.5, 0.6) is 0 Å². The molecule has 0 radical (unpaired) electrons. The Balaban J connectivity index is 3.25. The van der Waals surface area contributed by atoms with Gasteiger partial charge in [-0.25, -0.2) is 0 Å². The van der Waals surface area contributed by atoms with Crippen LogP contribution in [0.4, 0.5) is 0 Å². The quantitative estimate of drug-likeness (QED) is 0.499. The maximum atomic E-state index is 11.4. The van der Waals surface area contributed by atoms with Crippen molar-refractivity contribution < 1.29 is 14.3 Å². The monoisotopic (exact) mass is 245 g/mol. The van der Waals surface area contributed by atoms with Crippen molar-refractivity contribution in [3.63, 3.8) is 0 Å². The lowest BCUT2D eigenvalue weighted by Crippen LogP contribution is -2.27. The van der Waals surface area contributed by atoms with E-state index < -0.39 is 0 Å². The molecular weight excluding hydrogens is 218 g/mol. The summed E-state index contributed by atoms with van der Waals surface area (Å²) in [7, 11) is 1.72. The zero-order valence-electron chi connectivity index (χ0n) is 11.7. The van der Waals surface area contributed by atoms with Gasteiger partial charge in [-0.15, -0.1) is 0 Å². The molecular formula is C13H27NO3. The number of methoxy groups -OCH3 is 1. The molecule has 102 valence electrons. The maximum Gasteiger partial charge on any atom is 0.307 e. The van der Waals surface area contributed by atoms with Gasteiger partial charge in [-0.3, -0.25) is 4.79 Å². The van der Waals surface area contributed by atoms with Crippen LogP contribution in [0, 0.1) is 0 Å². The van der Waals surface area contributed by atoms with E-state index in [1.807, 2.05) is 20.8 Å². The Kier molecular flexibility index (Phi) is 9.09. The molecule has 0 rings (SSSR count). The predicted molar refractivity (Wildman–Crippen MR) is 69.1 cm³/mol. The van der Waals surface area contributed by atoms with E-state index in [4.69, 9.17) is 9.47 Å². The van der Waals surface area contributed by atoms with Crippen LogP contribution in [0.1, 0.15) is 46.5 Å². The molecule has 4 heteroatoms. The number of rotatable bonds is 9. The average molecular weight is 245 g/mol. The van der Waals surface area contributed by atoms with E-state index in [1.54, 1.807) is 7.11 Å². The van der Waals surface area contributed by atoms with E-state index in [0.29, 0.717) is 13.0 Å². The lowest BCUT2D eigenvalue weighted by atomic mass is 10.2. The van der Waals surface area contributed by atoms with Gasteiger partial charge in [0.25, 0.3) is 0 Å². The Morgan fingerprint density at radius 1 is 1.12 bits per heavy atom. The summed E-state index contributed by atoms with van der Waals surface area (Å²) in [5, 5.41) is 3.24. The van der Waals surface area contributed by atoms with Gasteiger partial charge in [0.2, 0.25) is 0 Å². The van der Waals surface area contributed by atoms with Gasteiger partial charge < -0.3 is 14.8 Å². The number of unbranched alkanes of at least 4 members (excludes halogenated alkanes) is 2. The number of hydrogen-bond acceptors (Lipinski definition) is 4. The SMILES string of the molecule is COCCCCCNCCC(=O)OC(C)(C)C. The van der Waals surface area contributed by atoms with Gasteiger partial charge in [0.15, 0.2) is 0 Å². The Morgan fingerprint density at radius 2 is 1.82 bits per heavy atom. The highest BCUT2D eigenvalue weighted by molar-refractivity contribution is 5.70. The van der Waals surface area contributed by atoms with Crippen LogP contribution in [0.2, 0.25) is 0 Å². The predicted octanol–water partition coefficient (Wildman–Crippen LogP) is 2.12. The Morgan fingerprint density at radius 3 is 2.41 bits per heavy atom. The molecule has 0 aromatic heterocycles. The standard InChI is InChI=1S/C13H27NO3/c1-13(2,3)17-12(15)8-10-14-9-6-5-7-11-16-4/h14H,5-11H2,1-4H3. The van der Waals surface area contributed by atoms with Crippen molar-refractivity contribution in [1.29, 1.82) is 0 Å². The Labute approximate surface area is 105 Å². The fourth-order valence-electron chi connectivity index (χ4n) is 1.38. The molecule has 0 unspecified atom stereocenters. The first kappa shape index (κ1) is 16.4. The third-order valence-electron chi connectivity index (χ3n) is 2.13. The van der Waals surface area contributed by atoms with Gasteiger partial charge in [-0.1, -0.05) is 0 Å². The topological polar surface area (TPSA) is 47.6 Å². The fraction of sp³-hybridized carbons (Fsp3) is 0.923. The van der Waals surface area contributed by atoms with E-state index >= 15 is 0 Å². The summed E-state index contributed by atoms with van der Waals surface area (Å²) in [6.45, 7) is 8.13. The lowest BCUT2D eigenvalue weighted by Gasteiger charge is -2.19. The van der Waals surface area contributed by atoms with Crippen LogP contribution in [0.15, 0.2) is 0 Å². The van der Waals surface area contributed by atoms with E-state index in [1.165, 1.54) is 0 Å². The van der Waals surface area contributed by atoms with Crippen molar-refractivity contribution in [2.24, 2.45) is 0 Å².